The Kier molecular flexibility index (Phi) is 4.19. The molecule has 6 heteroatoms. The van der Waals surface area contributed by atoms with Crippen LogP contribution in [0.4, 0.5) is 0 Å². The number of nitrogens with two attached hydrogens (primary N) is 1. The minimum atomic E-state index is -0.356. The molecule has 0 aromatic heterocycles. The first-order valence-corrected chi connectivity index (χ1v) is 6.48. The Morgan fingerprint density at radius 2 is 2.33 bits per heavy atom. The van der Waals surface area contributed by atoms with Gasteiger partial charge in [-0.3, -0.25) is 9.59 Å². The highest BCUT2D eigenvalue weighted by atomic mass is 16.5. The summed E-state index contributed by atoms with van der Waals surface area (Å²) < 4.78 is 5.33. The van der Waals surface area contributed by atoms with E-state index in [1.165, 1.54) is 0 Å². The number of hydrogen-bond acceptors (Lipinski definition) is 4. The Morgan fingerprint density at radius 1 is 1.56 bits per heavy atom. The maximum Gasteiger partial charge on any atom is 0.245 e. The van der Waals surface area contributed by atoms with Crippen molar-refractivity contribution in [2.75, 3.05) is 20.2 Å². The van der Waals surface area contributed by atoms with Gasteiger partial charge >= 0.3 is 0 Å². The van der Waals surface area contributed by atoms with Gasteiger partial charge in [-0.25, -0.2) is 0 Å². The highest BCUT2D eigenvalue weighted by Crippen LogP contribution is 2.21. The van der Waals surface area contributed by atoms with E-state index < -0.39 is 0 Å². The number of piperidine rings is 1. The Morgan fingerprint density at radius 3 is 2.89 bits per heavy atom. The van der Waals surface area contributed by atoms with Gasteiger partial charge in [0.1, 0.15) is 6.04 Å². The van der Waals surface area contributed by atoms with Crippen molar-refractivity contribution in [1.82, 2.24) is 10.2 Å². The van der Waals surface area contributed by atoms with Gasteiger partial charge in [-0.1, -0.05) is 0 Å². The first-order chi connectivity index (χ1) is 8.65. The number of amides is 2. The van der Waals surface area contributed by atoms with Crippen molar-refractivity contribution in [1.29, 1.82) is 0 Å². The Labute approximate surface area is 107 Å². The summed E-state index contributed by atoms with van der Waals surface area (Å²) in [5, 5.41) is 2.72. The average molecular weight is 255 g/mol. The third-order valence-electron chi connectivity index (χ3n) is 3.85. The maximum atomic E-state index is 12.3. The van der Waals surface area contributed by atoms with Crippen molar-refractivity contribution >= 4 is 11.8 Å². The zero-order valence-corrected chi connectivity index (χ0v) is 10.7. The lowest BCUT2D eigenvalue weighted by molar-refractivity contribution is -0.139. The monoisotopic (exact) mass is 255 g/mol. The molecule has 2 rings (SSSR count). The van der Waals surface area contributed by atoms with Gasteiger partial charge in [0.2, 0.25) is 11.8 Å². The summed E-state index contributed by atoms with van der Waals surface area (Å²) in [5.74, 6) is -0.0321. The van der Waals surface area contributed by atoms with E-state index in [0.29, 0.717) is 25.9 Å². The van der Waals surface area contributed by atoms with Gasteiger partial charge in [0.05, 0.1) is 6.10 Å². The minimum Gasteiger partial charge on any atom is -0.381 e. The number of nitrogens with zero attached hydrogens (tertiary/aromatic N) is 1. The van der Waals surface area contributed by atoms with Crippen LogP contribution in [-0.2, 0) is 14.3 Å². The van der Waals surface area contributed by atoms with Crippen LogP contribution in [0.3, 0.4) is 0 Å². The summed E-state index contributed by atoms with van der Waals surface area (Å²) in [6.07, 6.45) is 2.83. The molecule has 2 fully saturated rings. The van der Waals surface area contributed by atoms with E-state index in [9.17, 15) is 9.59 Å². The van der Waals surface area contributed by atoms with Crippen molar-refractivity contribution in [3.05, 3.63) is 0 Å². The molecular weight excluding hydrogens is 234 g/mol. The zero-order valence-electron chi connectivity index (χ0n) is 10.7. The standard InChI is InChI=1S/C12H21N3O3/c1-18-9-4-5-15(8(6-9)7-13)12(17)10-2-3-11(16)14-10/h8-10H,2-7,13H2,1H3,(H,14,16)/t8?,9?,10-/m1/s1. The predicted molar refractivity (Wildman–Crippen MR) is 65.8 cm³/mol. The molecule has 2 unspecified atom stereocenters. The van der Waals surface area contributed by atoms with Gasteiger partial charge < -0.3 is 20.7 Å². The fourth-order valence-electron chi connectivity index (χ4n) is 2.74. The molecule has 0 radical (unpaired) electrons. The second-order valence-electron chi connectivity index (χ2n) is 4.96. The van der Waals surface area contributed by atoms with Crippen molar-refractivity contribution in [2.45, 2.75) is 43.9 Å². The third kappa shape index (κ3) is 2.64. The van der Waals surface area contributed by atoms with Crippen LogP contribution >= 0.6 is 0 Å². The molecule has 2 aliphatic rings. The SMILES string of the molecule is COC1CCN(C(=O)[C@H]2CCC(=O)N2)C(CN)C1. The van der Waals surface area contributed by atoms with Gasteiger partial charge in [0.15, 0.2) is 0 Å². The normalized spacial score (nSPS) is 32.4. The second-order valence-corrected chi connectivity index (χ2v) is 4.96. The Balaban J connectivity index is 1.98. The van der Waals surface area contributed by atoms with E-state index in [-0.39, 0.29) is 30.0 Å². The molecule has 3 atom stereocenters. The first kappa shape index (κ1) is 13.3. The highest BCUT2D eigenvalue weighted by molar-refractivity contribution is 5.91. The van der Waals surface area contributed by atoms with E-state index in [0.717, 1.165) is 12.8 Å². The summed E-state index contributed by atoms with van der Waals surface area (Å²) in [6.45, 7) is 1.10. The third-order valence-corrected chi connectivity index (χ3v) is 3.85. The number of ether oxygens (including phenoxy) is 1. The van der Waals surface area contributed by atoms with Gasteiger partial charge in [-0.15, -0.1) is 0 Å². The maximum absolute atomic E-state index is 12.3. The molecule has 0 aliphatic carbocycles. The fourth-order valence-corrected chi connectivity index (χ4v) is 2.74. The summed E-state index contributed by atoms with van der Waals surface area (Å²) in [5.41, 5.74) is 5.74. The summed E-state index contributed by atoms with van der Waals surface area (Å²) in [7, 11) is 1.69. The van der Waals surface area contributed by atoms with Gasteiger partial charge in [-0.05, 0) is 19.3 Å². The molecule has 6 nitrogen and oxygen atoms in total. The number of likely N-dealkylation sites (tertiary alicyclic amines) is 1. The molecule has 2 saturated heterocycles. The average Bonchev–Trinajstić information content (AvgIpc) is 2.83. The molecule has 18 heavy (non-hydrogen) atoms. The van der Waals surface area contributed by atoms with Gasteiger partial charge in [-0.2, -0.15) is 0 Å². The van der Waals surface area contributed by atoms with Crippen LogP contribution in [0, 0.1) is 0 Å². The van der Waals surface area contributed by atoms with Crippen molar-refractivity contribution in [3.8, 4) is 0 Å². The summed E-state index contributed by atoms with van der Waals surface area (Å²) in [4.78, 5) is 25.3. The molecule has 2 heterocycles. The first-order valence-electron chi connectivity index (χ1n) is 6.48. The van der Waals surface area contributed by atoms with Crippen molar-refractivity contribution < 1.29 is 14.3 Å². The van der Waals surface area contributed by atoms with Crippen LogP contribution in [0.1, 0.15) is 25.7 Å². The molecule has 2 amide bonds. The lowest BCUT2D eigenvalue weighted by atomic mass is 9.98. The minimum absolute atomic E-state index is 0.00542. The van der Waals surface area contributed by atoms with Crippen LogP contribution in [0.5, 0.6) is 0 Å². The number of methoxy groups -OCH3 is 1. The second kappa shape index (κ2) is 5.67. The number of nitrogens with one attached hydrogen (secondary N) is 1. The van der Waals surface area contributed by atoms with Crippen LogP contribution < -0.4 is 11.1 Å². The van der Waals surface area contributed by atoms with Crippen molar-refractivity contribution in [3.63, 3.8) is 0 Å². The van der Waals surface area contributed by atoms with E-state index in [1.54, 1.807) is 7.11 Å². The largest absolute Gasteiger partial charge is 0.381 e. The molecule has 3 N–H and O–H groups in total. The van der Waals surface area contributed by atoms with Crippen molar-refractivity contribution in [2.24, 2.45) is 5.73 Å². The Bertz CT molecular complexity index is 335. The van der Waals surface area contributed by atoms with E-state index in [1.807, 2.05) is 4.90 Å². The molecular formula is C12H21N3O3. The Hall–Kier alpha value is -1.14. The number of carbonyl (C=O) groups excluding carboxylic acids is 2. The zero-order chi connectivity index (χ0) is 13.1. The van der Waals surface area contributed by atoms with Crippen LogP contribution in [0.15, 0.2) is 0 Å². The highest BCUT2D eigenvalue weighted by Gasteiger charge is 2.36. The lowest BCUT2D eigenvalue weighted by Gasteiger charge is -2.39. The summed E-state index contributed by atoms with van der Waals surface area (Å²) >= 11 is 0. The van der Waals surface area contributed by atoms with Crippen LogP contribution in [-0.4, -0.2) is 55.1 Å². The molecule has 0 aromatic carbocycles. The smallest absolute Gasteiger partial charge is 0.245 e. The molecule has 2 aliphatic heterocycles. The van der Waals surface area contributed by atoms with Gasteiger partial charge in [0.25, 0.3) is 0 Å². The van der Waals surface area contributed by atoms with Gasteiger partial charge in [0, 0.05) is 32.7 Å². The molecule has 0 bridgehead atoms. The number of rotatable bonds is 3. The number of hydrogen-bond donors (Lipinski definition) is 2. The molecule has 102 valence electrons. The molecule has 0 saturated carbocycles. The van der Waals surface area contributed by atoms with E-state index >= 15 is 0 Å². The predicted octanol–water partition coefficient (Wildman–Crippen LogP) is -0.770. The lowest BCUT2D eigenvalue weighted by Crippen LogP contribution is -2.55. The topological polar surface area (TPSA) is 84.7 Å². The van der Waals surface area contributed by atoms with Crippen LogP contribution in [0.2, 0.25) is 0 Å². The molecule has 0 aromatic rings. The summed E-state index contributed by atoms with van der Waals surface area (Å²) in [6, 6.07) is -0.334. The van der Waals surface area contributed by atoms with Crippen LogP contribution in [0.25, 0.3) is 0 Å². The van der Waals surface area contributed by atoms with E-state index in [4.69, 9.17) is 10.5 Å². The quantitative estimate of drug-likeness (QED) is 0.693. The fraction of sp³-hybridized carbons (Fsp3) is 0.833. The van der Waals surface area contributed by atoms with E-state index in [2.05, 4.69) is 5.32 Å². The molecule has 0 spiro atoms. The number of carbonyl (C=O) groups is 2.